The Bertz CT molecular complexity index is 1430. The van der Waals surface area contributed by atoms with Gasteiger partial charge in [0, 0.05) is 37.0 Å². The van der Waals surface area contributed by atoms with Crippen LogP contribution in [0.4, 0.5) is 5.69 Å². The molecule has 4 nitrogen and oxygen atoms in total. The van der Waals surface area contributed by atoms with Crippen LogP contribution in [0.5, 0.6) is 0 Å². The topological polar surface area (TPSA) is 64.5 Å². The summed E-state index contributed by atoms with van der Waals surface area (Å²) in [6, 6.07) is 37.4. The van der Waals surface area contributed by atoms with E-state index in [1.54, 1.807) is 0 Å². The van der Waals surface area contributed by atoms with Gasteiger partial charge in [-0.05, 0) is 52.1 Å². The molecule has 1 aromatic heterocycles. The fourth-order valence-corrected chi connectivity index (χ4v) is 4.21. The third-order valence-corrected chi connectivity index (χ3v) is 6.07. The molecular formula is C31H27ClN4. The van der Waals surface area contributed by atoms with E-state index in [1.165, 1.54) is 22.3 Å². The summed E-state index contributed by atoms with van der Waals surface area (Å²) in [5.41, 5.74) is 8.96. The van der Waals surface area contributed by atoms with E-state index in [1.807, 2.05) is 48.7 Å². The molecule has 2 N–H and O–H groups in total. The van der Waals surface area contributed by atoms with E-state index in [2.05, 4.69) is 82.0 Å². The van der Waals surface area contributed by atoms with Gasteiger partial charge in [-0.15, -0.1) is 12.4 Å². The predicted molar refractivity (Wildman–Crippen MR) is 148 cm³/mol. The Hall–Kier alpha value is -4.33. The highest BCUT2D eigenvalue weighted by atomic mass is 35.5. The fraction of sp³-hybridized carbons (Fsp3) is 0.0968. The summed E-state index contributed by atoms with van der Waals surface area (Å²) in [7, 11) is 0. The van der Waals surface area contributed by atoms with E-state index >= 15 is 0 Å². The van der Waals surface area contributed by atoms with Crippen molar-refractivity contribution in [1.29, 1.82) is 5.26 Å². The molecule has 1 heterocycles. The number of hydrogen-bond acceptors (Lipinski definition) is 3. The number of hydrogen-bond donors (Lipinski definition) is 2. The van der Waals surface area contributed by atoms with Crippen LogP contribution >= 0.6 is 12.4 Å². The van der Waals surface area contributed by atoms with Gasteiger partial charge >= 0.3 is 0 Å². The molecule has 0 bridgehead atoms. The number of aromatic nitrogens is 2. The van der Waals surface area contributed by atoms with Gasteiger partial charge in [0.1, 0.15) is 5.82 Å². The molecule has 5 heteroatoms. The molecule has 0 amide bonds. The van der Waals surface area contributed by atoms with Crippen molar-refractivity contribution in [2.45, 2.75) is 19.4 Å². The van der Waals surface area contributed by atoms with Crippen LogP contribution in [0.25, 0.3) is 11.1 Å². The first-order valence-electron chi connectivity index (χ1n) is 11.7. The Kier molecular flexibility index (Phi) is 8.18. The first-order valence-corrected chi connectivity index (χ1v) is 11.7. The second kappa shape index (κ2) is 11.9. The molecule has 0 fully saturated rings. The van der Waals surface area contributed by atoms with Gasteiger partial charge in [-0.3, -0.25) is 0 Å². The van der Waals surface area contributed by atoms with Crippen LogP contribution in [0.1, 0.15) is 33.8 Å². The van der Waals surface area contributed by atoms with Gasteiger partial charge in [-0.2, -0.15) is 5.26 Å². The summed E-state index contributed by atoms with van der Waals surface area (Å²) in [5.74, 6) is 0.953. The van der Waals surface area contributed by atoms with E-state index in [9.17, 15) is 0 Å². The zero-order valence-corrected chi connectivity index (χ0v) is 20.6. The Morgan fingerprint density at radius 1 is 0.750 bits per heavy atom. The maximum absolute atomic E-state index is 8.96. The van der Waals surface area contributed by atoms with E-state index in [0.29, 0.717) is 5.56 Å². The molecule has 0 spiro atoms. The molecule has 5 aromatic rings. The molecule has 178 valence electrons. The number of rotatable bonds is 8. The van der Waals surface area contributed by atoms with Crippen molar-refractivity contribution in [3.05, 3.63) is 143 Å². The van der Waals surface area contributed by atoms with Crippen LogP contribution in [0.15, 0.2) is 109 Å². The zero-order chi connectivity index (χ0) is 23.9. The molecule has 0 atom stereocenters. The van der Waals surface area contributed by atoms with Gasteiger partial charge in [0.15, 0.2) is 0 Å². The third-order valence-electron chi connectivity index (χ3n) is 6.07. The average Bonchev–Trinajstić information content (AvgIpc) is 3.35. The number of nitrogens with one attached hydrogen (secondary N) is 2. The molecule has 36 heavy (non-hydrogen) atoms. The first-order chi connectivity index (χ1) is 17.3. The highest BCUT2D eigenvalue weighted by molar-refractivity contribution is 5.85. The summed E-state index contributed by atoms with van der Waals surface area (Å²) >= 11 is 0. The van der Waals surface area contributed by atoms with Crippen LogP contribution < -0.4 is 5.32 Å². The molecule has 0 saturated heterocycles. The van der Waals surface area contributed by atoms with E-state index in [0.717, 1.165) is 42.2 Å². The van der Waals surface area contributed by atoms with Crippen molar-refractivity contribution in [3.63, 3.8) is 0 Å². The van der Waals surface area contributed by atoms with E-state index in [-0.39, 0.29) is 12.4 Å². The number of para-hydroxylation sites is 1. The number of aromatic amines is 1. The molecule has 0 saturated carbocycles. The molecular weight excluding hydrogens is 464 g/mol. The number of nitrogens with zero attached hydrogens (tertiary/aromatic N) is 2. The number of anilines is 1. The molecule has 0 aliphatic rings. The van der Waals surface area contributed by atoms with E-state index < -0.39 is 0 Å². The molecule has 0 radical (unpaired) electrons. The summed E-state index contributed by atoms with van der Waals surface area (Å²) in [5, 5.41) is 12.5. The van der Waals surface area contributed by atoms with Crippen molar-refractivity contribution in [2.24, 2.45) is 0 Å². The predicted octanol–water partition coefficient (Wildman–Crippen LogP) is 7.16. The lowest BCUT2D eigenvalue weighted by atomic mass is 9.98. The minimum Gasteiger partial charge on any atom is -0.381 e. The Balaban J connectivity index is 0.00000304. The molecule has 5 rings (SSSR count). The minimum absolute atomic E-state index is 0. The average molecular weight is 491 g/mol. The summed E-state index contributed by atoms with van der Waals surface area (Å²) in [6.07, 6.45) is 3.42. The lowest BCUT2D eigenvalue weighted by Crippen LogP contribution is -2.01. The van der Waals surface area contributed by atoms with Crippen molar-refractivity contribution in [1.82, 2.24) is 9.97 Å². The fourth-order valence-electron chi connectivity index (χ4n) is 4.21. The van der Waals surface area contributed by atoms with Crippen molar-refractivity contribution >= 4 is 18.1 Å². The van der Waals surface area contributed by atoms with Crippen LogP contribution in [-0.4, -0.2) is 9.97 Å². The maximum Gasteiger partial charge on any atom is 0.110 e. The summed E-state index contributed by atoms with van der Waals surface area (Å²) in [6.45, 7) is 0.774. The van der Waals surface area contributed by atoms with Gasteiger partial charge in [0.25, 0.3) is 0 Å². The molecule has 0 unspecified atom stereocenters. The minimum atomic E-state index is 0. The number of nitriles is 1. The molecule has 0 aliphatic carbocycles. The highest BCUT2D eigenvalue weighted by Gasteiger charge is 2.07. The lowest BCUT2D eigenvalue weighted by Gasteiger charge is -2.12. The number of benzene rings is 4. The number of H-pyrrole nitrogens is 1. The second-order valence-corrected chi connectivity index (χ2v) is 8.59. The zero-order valence-electron chi connectivity index (χ0n) is 19.8. The number of imidazole rings is 1. The van der Waals surface area contributed by atoms with Crippen LogP contribution in [0, 0.1) is 11.3 Å². The summed E-state index contributed by atoms with van der Waals surface area (Å²) < 4.78 is 0. The van der Waals surface area contributed by atoms with Crippen molar-refractivity contribution in [3.8, 4) is 17.2 Å². The Morgan fingerprint density at radius 3 is 2.17 bits per heavy atom. The van der Waals surface area contributed by atoms with Gasteiger partial charge in [-0.25, -0.2) is 4.98 Å². The quantitative estimate of drug-likeness (QED) is 0.242. The van der Waals surface area contributed by atoms with Crippen LogP contribution in [0.2, 0.25) is 0 Å². The van der Waals surface area contributed by atoms with Gasteiger partial charge < -0.3 is 10.3 Å². The number of halogens is 1. The van der Waals surface area contributed by atoms with Crippen molar-refractivity contribution in [2.75, 3.05) is 5.32 Å². The van der Waals surface area contributed by atoms with Crippen molar-refractivity contribution < 1.29 is 0 Å². The van der Waals surface area contributed by atoms with Gasteiger partial charge in [-0.1, -0.05) is 78.9 Å². The standard InChI is InChI=1S/C31H26N4.ClH/c32-20-25-12-10-23(11-13-25)18-29-22-34-31(35-29)19-24-14-16-26(17-15-24)30-9-5-4-6-27(30)21-33-28-7-2-1-3-8-28;/h1-17,22,33H,18-19,21H2,(H,34,35);1H. The first kappa shape index (κ1) is 24.8. The van der Waals surface area contributed by atoms with Gasteiger partial charge in [0.05, 0.1) is 11.6 Å². The normalized spacial score (nSPS) is 10.3. The van der Waals surface area contributed by atoms with Crippen LogP contribution in [0.3, 0.4) is 0 Å². The Labute approximate surface area is 218 Å². The summed E-state index contributed by atoms with van der Waals surface area (Å²) in [4.78, 5) is 8.02. The molecule has 4 aromatic carbocycles. The maximum atomic E-state index is 8.96. The Morgan fingerprint density at radius 2 is 1.42 bits per heavy atom. The second-order valence-electron chi connectivity index (χ2n) is 8.59. The smallest absolute Gasteiger partial charge is 0.110 e. The van der Waals surface area contributed by atoms with Gasteiger partial charge in [0.2, 0.25) is 0 Å². The SMILES string of the molecule is Cl.N#Cc1ccc(Cc2cnc(Cc3ccc(-c4ccccc4CNc4ccccc4)cc3)[nH]2)cc1. The molecule has 0 aliphatic heterocycles. The van der Waals surface area contributed by atoms with E-state index in [4.69, 9.17) is 5.26 Å². The van der Waals surface area contributed by atoms with Crippen LogP contribution in [-0.2, 0) is 19.4 Å². The monoisotopic (exact) mass is 490 g/mol. The largest absolute Gasteiger partial charge is 0.381 e. The third kappa shape index (κ3) is 6.21. The lowest BCUT2D eigenvalue weighted by molar-refractivity contribution is 1.000. The highest BCUT2D eigenvalue weighted by Crippen LogP contribution is 2.25.